The van der Waals surface area contributed by atoms with Crippen molar-refractivity contribution in [2.45, 2.75) is 6.61 Å². The second kappa shape index (κ2) is 7.79. The maximum atomic E-state index is 12.7. The summed E-state index contributed by atoms with van der Waals surface area (Å²) in [5.41, 5.74) is 0.824. The largest absolute Gasteiger partial charge is 0.493 e. The predicted molar refractivity (Wildman–Crippen MR) is 99.5 cm³/mol. The molecule has 134 valence electrons. The van der Waals surface area contributed by atoms with Gasteiger partial charge in [0.15, 0.2) is 15.8 Å². The lowest BCUT2D eigenvalue weighted by Crippen LogP contribution is -2.27. The molecule has 26 heavy (non-hydrogen) atoms. The molecule has 3 rings (SSSR count). The van der Waals surface area contributed by atoms with Gasteiger partial charge in [0.05, 0.1) is 23.9 Å². The monoisotopic (exact) mass is 394 g/mol. The zero-order valence-corrected chi connectivity index (χ0v) is 15.0. The van der Waals surface area contributed by atoms with Crippen LogP contribution < -0.4 is 14.4 Å². The van der Waals surface area contributed by atoms with Gasteiger partial charge >= 0.3 is 6.61 Å². The highest BCUT2D eigenvalue weighted by atomic mass is 32.2. The third-order valence-electron chi connectivity index (χ3n) is 3.42. The summed E-state index contributed by atoms with van der Waals surface area (Å²) >= 11 is 6.34. The number of carbonyl (C=O) groups is 1. The quantitative estimate of drug-likeness (QED) is 0.562. The molecule has 0 spiro atoms. The molecule has 9 heteroatoms. The first-order valence-corrected chi connectivity index (χ1v) is 8.53. The highest BCUT2D eigenvalue weighted by Crippen LogP contribution is 2.39. The molecule has 0 unspecified atom stereocenters. The minimum Gasteiger partial charge on any atom is -0.493 e. The first-order chi connectivity index (χ1) is 12.5. The Morgan fingerprint density at radius 3 is 2.77 bits per heavy atom. The Morgan fingerprint density at radius 1 is 1.31 bits per heavy atom. The van der Waals surface area contributed by atoms with Gasteiger partial charge in [0, 0.05) is 11.8 Å². The summed E-state index contributed by atoms with van der Waals surface area (Å²) in [4.78, 5) is 18.3. The van der Waals surface area contributed by atoms with Crippen molar-refractivity contribution in [2.24, 2.45) is 0 Å². The lowest BCUT2D eigenvalue weighted by molar-refractivity contribution is -0.113. The van der Waals surface area contributed by atoms with Gasteiger partial charge in [-0.25, -0.2) is 0 Å². The molecule has 2 heterocycles. The van der Waals surface area contributed by atoms with E-state index in [-0.39, 0.29) is 27.9 Å². The SMILES string of the molecule is COc1cccc(/C=C2\SC(=S)N(c3cccnc3)C2=O)c1OC(F)F. The Morgan fingerprint density at radius 2 is 2.12 bits per heavy atom. The molecule has 0 N–H and O–H groups in total. The number of ether oxygens (including phenoxy) is 2. The number of pyridine rings is 1. The van der Waals surface area contributed by atoms with Crippen molar-refractivity contribution in [3.05, 3.63) is 53.2 Å². The molecular weight excluding hydrogens is 382 g/mol. The van der Waals surface area contributed by atoms with Crippen molar-refractivity contribution in [1.82, 2.24) is 4.98 Å². The highest BCUT2D eigenvalue weighted by molar-refractivity contribution is 8.27. The number of rotatable bonds is 5. The minimum atomic E-state index is -3.02. The fraction of sp³-hybridized carbons (Fsp3) is 0.118. The van der Waals surface area contributed by atoms with Crippen LogP contribution in [-0.4, -0.2) is 28.9 Å². The van der Waals surface area contributed by atoms with Gasteiger partial charge < -0.3 is 9.47 Å². The van der Waals surface area contributed by atoms with E-state index in [0.29, 0.717) is 10.0 Å². The smallest absolute Gasteiger partial charge is 0.387 e. The van der Waals surface area contributed by atoms with Gasteiger partial charge in [-0.2, -0.15) is 8.78 Å². The number of benzene rings is 1. The van der Waals surface area contributed by atoms with Crippen molar-refractivity contribution < 1.29 is 23.0 Å². The topological polar surface area (TPSA) is 51.7 Å². The fourth-order valence-electron chi connectivity index (χ4n) is 2.34. The average molecular weight is 394 g/mol. The molecule has 2 aromatic rings. The van der Waals surface area contributed by atoms with Crippen molar-refractivity contribution in [2.75, 3.05) is 12.0 Å². The van der Waals surface area contributed by atoms with E-state index >= 15 is 0 Å². The van der Waals surface area contributed by atoms with Crippen LogP contribution in [0.5, 0.6) is 11.5 Å². The molecule has 1 aromatic carbocycles. The van der Waals surface area contributed by atoms with Crippen LogP contribution in [0.3, 0.4) is 0 Å². The number of halogens is 2. The summed E-state index contributed by atoms with van der Waals surface area (Å²) < 4.78 is 35.5. The predicted octanol–water partition coefficient (Wildman–Crippen LogP) is 4.10. The normalized spacial score (nSPS) is 15.8. The van der Waals surface area contributed by atoms with Crippen molar-refractivity contribution >= 4 is 46.0 Å². The standard InChI is InChI=1S/C17H12F2N2O3S2/c1-23-12-6-2-4-10(14(12)24-16(18)19)8-13-15(22)21(17(25)26-13)11-5-3-7-20-9-11/h2-9,16H,1H3/b13-8-. The maximum absolute atomic E-state index is 12.7. The Kier molecular flexibility index (Phi) is 5.48. The molecule has 0 aliphatic carbocycles. The van der Waals surface area contributed by atoms with Crippen molar-refractivity contribution in [1.29, 1.82) is 0 Å². The van der Waals surface area contributed by atoms with Gasteiger partial charge in [-0.1, -0.05) is 36.1 Å². The van der Waals surface area contributed by atoms with Crippen LogP contribution in [0, 0.1) is 0 Å². The van der Waals surface area contributed by atoms with Crippen LogP contribution in [-0.2, 0) is 4.79 Å². The Balaban J connectivity index is 1.99. The van der Waals surface area contributed by atoms with E-state index in [2.05, 4.69) is 9.72 Å². The summed E-state index contributed by atoms with van der Waals surface area (Å²) in [5, 5.41) is 0. The zero-order valence-electron chi connectivity index (χ0n) is 13.4. The number of hydrogen-bond acceptors (Lipinski definition) is 6. The molecule has 1 saturated heterocycles. The number of amides is 1. The number of methoxy groups -OCH3 is 1. The number of aromatic nitrogens is 1. The molecule has 1 fully saturated rings. The highest BCUT2D eigenvalue weighted by Gasteiger charge is 2.33. The molecular formula is C17H12F2N2O3S2. The van der Waals surface area contributed by atoms with Crippen LogP contribution in [0.25, 0.3) is 6.08 Å². The van der Waals surface area contributed by atoms with E-state index in [4.69, 9.17) is 17.0 Å². The Hall–Kier alpha value is -2.52. The van der Waals surface area contributed by atoms with E-state index in [0.717, 1.165) is 11.8 Å². The van der Waals surface area contributed by atoms with Gasteiger partial charge in [0.1, 0.15) is 0 Å². The Labute approximate surface area is 157 Å². The van der Waals surface area contributed by atoms with Crippen molar-refractivity contribution in [3.63, 3.8) is 0 Å². The Bertz CT molecular complexity index is 876. The molecule has 0 saturated carbocycles. The van der Waals surface area contributed by atoms with Crippen LogP contribution in [0.15, 0.2) is 47.6 Å². The molecule has 1 aliphatic heterocycles. The van der Waals surface area contributed by atoms with Gasteiger partial charge in [-0.05, 0) is 24.3 Å². The molecule has 5 nitrogen and oxygen atoms in total. The van der Waals surface area contributed by atoms with E-state index in [1.54, 1.807) is 30.5 Å². The lowest BCUT2D eigenvalue weighted by Gasteiger charge is -2.14. The van der Waals surface area contributed by atoms with E-state index in [9.17, 15) is 13.6 Å². The summed E-state index contributed by atoms with van der Waals surface area (Å²) in [6.07, 6.45) is 4.56. The number of alkyl halides is 2. The minimum absolute atomic E-state index is 0.141. The number of thioether (sulfide) groups is 1. The second-order valence-electron chi connectivity index (χ2n) is 4.99. The number of anilines is 1. The molecule has 0 radical (unpaired) electrons. The molecule has 1 amide bonds. The first-order valence-electron chi connectivity index (χ1n) is 7.31. The summed E-state index contributed by atoms with van der Waals surface area (Å²) in [5.74, 6) is -0.364. The number of nitrogens with zero attached hydrogens (tertiary/aromatic N) is 2. The summed E-state index contributed by atoms with van der Waals surface area (Å²) in [6, 6.07) is 8.06. The van der Waals surface area contributed by atoms with E-state index in [1.165, 1.54) is 30.3 Å². The van der Waals surface area contributed by atoms with Crippen LogP contribution >= 0.6 is 24.0 Å². The molecule has 1 aromatic heterocycles. The van der Waals surface area contributed by atoms with Crippen molar-refractivity contribution in [3.8, 4) is 11.5 Å². The van der Waals surface area contributed by atoms with Crippen LogP contribution in [0.2, 0.25) is 0 Å². The van der Waals surface area contributed by atoms with Gasteiger partial charge in [-0.3, -0.25) is 14.7 Å². The number of thiocarbonyl (C=S) groups is 1. The molecule has 1 aliphatic rings. The number of para-hydroxylation sites is 1. The van der Waals surface area contributed by atoms with Gasteiger partial charge in [0.2, 0.25) is 0 Å². The molecule has 0 atom stereocenters. The fourth-order valence-corrected chi connectivity index (χ4v) is 3.63. The van der Waals surface area contributed by atoms with E-state index < -0.39 is 6.61 Å². The lowest BCUT2D eigenvalue weighted by atomic mass is 10.1. The number of hydrogen-bond donors (Lipinski definition) is 0. The van der Waals surface area contributed by atoms with Crippen LogP contribution in [0.1, 0.15) is 5.56 Å². The van der Waals surface area contributed by atoms with Gasteiger partial charge in [0.25, 0.3) is 5.91 Å². The number of carbonyl (C=O) groups excluding carboxylic acids is 1. The maximum Gasteiger partial charge on any atom is 0.387 e. The average Bonchev–Trinajstić information content (AvgIpc) is 2.90. The summed E-state index contributed by atoms with van der Waals surface area (Å²) in [7, 11) is 1.35. The van der Waals surface area contributed by atoms with Crippen LogP contribution in [0.4, 0.5) is 14.5 Å². The zero-order chi connectivity index (χ0) is 18.7. The first kappa shape index (κ1) is 18.3. The second-order valence-corrected chi connectivity index (χ2v) is 6.66. The van der Waals surface area contributed by atoms with Gasteiger partial charge in [-0.15, -0.1) is 0 Å². The molecule has 0 bridgehead atoms. The third-order valence-corrected chi connectivity index (χ3v) is 4.72. The van der Waals surface area contributed by atoms with E-state index in [1.807, 2.05) is 0 Å². The summed E-state index contributed by atoms with van der Waals surface area (Å²) in [6.45, 7) is -3.02. The third kappa shape index (κ3) is 3.68.